The Labute approximate surface area is 95.1 Å². The van der Waals surface area contributed by atoms with E-state index in [0.29, 0.717) is 0 Å². The fourth-order valence-electron chi connectivity index (χ4n) is 1.50. The molecule has 2 atom stereocenters. The van der Waals surface area contributed by atoms with Crippen LogP contribution in [-0.4, -0.2) is 34.2 Å². The van der Waals surface area contributed by atoms with Crippen molar-refractivity contribution in [2.45, 2.75) is 25.9 Å². The maximum atomic E-state index is 10.8. The molecule has 0 aliphatic heterocycles. The van der Waals surface area contributed by atoms with E-state index in [9.17, 15) is 4.79 Å². The minimum absolute atomic E-state index is 0.00769. The number of likely N-dealkylation sites (N-methyl/N-ethyl adjacent to an activating group) is 1. The molecule has 0 aromatic heterocycles. The molecule has 1 aromatic carbocycles. The Morgan fingerprint density at radius 3 is 2.19 bits per heavy atom. The fraction of sp³-hybridized carbons (Fsp3) is 0.417. The second kappa shape index (κ2) is 4.99. The van der Waals surface area contributed by atoms with Crippen molar-refractivity contribution in [3.05, 3.63) is 29.8 Å². The molecule has 0 aliphatic rings. The Morgan fingerprint density at radius 2 is 1.75 bits per heavy atom. The van der Waals surface area contributed by atoms with E-state index in [1.807, 2.05) is 6.92 Å². The largest absolute Gasteiger partial charge is 0.508 e. The van der Waals surface area contributed by atoms with Gasteiger partial charge in [-0.1, -0.05) is 12.1 Å². The summed E-state index contributed by atoms with van der Waals surface area (Å²) in [6.45, 7) is 3.59. The second-order valence-corrected chi connectivity index (χ2v) is 3.95. The molecule has 0 saturated carbocycles. The quantitative estimate of drug-likeness (QED) is 0.818. The number of aliphatic carboxylic acids is 1. The molecule has 88 valence electrons. The van der Waals surface area contributed by atoms with Gasteiger partial charge in [0.2, 0.25) is 0 Å². The van der Waals surface area contributed by atoms with Crippen LogP contribution in [0.2, 0.25) is 0 Å². The highest BCUT2D eigenvalue weighted by Gasteiger charge is 2.22. The van der Waals surface area contributed by atoms with E-state index in [0.717, 1.165) is 5.56 Å². The molecule has 0 spiro atoms. The normalized spacial score (nSPS) is 14.8. The topological polar surface area (TPSA) is 60.8 Å². The molecule has 2 unspecified atom stereocenters. The van der Waals surface area contributed by atoms with Gasteiger partial charge in [0.05, 0.1) is 0 Å². The number of rotatable bonds is 4. The summed E-state index contributed by atoms with van der Waals surface area (Å²) in [5.74, 6) is -0.627. The smallest absolute Gasteiger partial charge is 0.320 e. The first-order chi connectivity index (χ1) is 7.43. The maximum absolute atomic E-state index is 10.8. The van der Waals surface area contributed by atoms with E-state index in [2.05, 4.69) is 0 Å². The Morgan fingerprint density at radius 1 is 1.25 bits per heavy atom. The summed E-state index contributed by atoms with van der Waals surface area (Å²) in [5.41, 5.74) is 0.980. The van der Waals surface area contributed by atoms with Crippen LogP contribution in [0.4, 0.5) is 0 Å². The number of carboxylic acid groups (broad SMARTS) is 1. The van der Waals surface area contributed by atoms with Crippen LogP contribution >= 0.6 is 0 Å². The summed E-state index contributed by atoms with van der Waals surface area (Å²) in [4.78, 5) is 12.6. The number of hydrogen-bond acceptors (Lipinski definition) is 3. The lowest BCUT2D eigenvalue weighted by atomic mass is 10.1. The molecule has 0 radical (unpaired) electrons. The standard InChI is InChI=1S/C12H17NO3/c1-8(13(3)9(2)12(15)16)10-4-6-11(14)7-5-10/h4-9,14H,1-3H3,(H,15,16). The molecule has 0 bridgehead atoms. The minimum atomic E-state index is -0.840. The third-order valence-corrected chi connectivity index (χ3v) is 2.95. The van der Waals surface area contributed by atoms with Gasteiger partial charge in [0.25, 0.3) is 0 Å². The molecular weight excluding hydrogens is 206 g/mol. The zero-order valence-electron chi connectivity index (χ0n) is 9.71. The first-order valence-electron chi connectivity index (χ1n) is 5.17. The predicted octanol–water partition coefficient (Wildman–Crippen LogP) is 1.86. The first-order valence-corrected chi connectivity index (χ1v) is 5.17. The molecule has 4 nitrogen and oxygen atoms in total. The van der Waals surface area contributed by atoms with E-state index >= 15 is 0 Å². The molecule has 16 heavy (non-hydrogen) atoms. The van der Waals surface area contributed by atoms with Gasteiger partial charge in [0.15, 0.2) is 0 Å². The molecule has 0 heterocycles. The van der Waals surface area contributed by atoms with Crippen LogP contribution in [0, 0.1) is 0 Å². The lowest BCUT2D eigenvalue weighted by Gasteiger charge is -2.28. The van der Waals surface area contributed by atoms with Crippen LogP contribution in [-0.2, 0) is 4.79 Å². The van der Waals surface area contributed by atoms with Gasteiger partial charge >= 0.3 is 5.97 Å². The lowest BCUT2D eigenvalue weighted by molar-refractivity contribution is -0.142. The van der Waals surface area contributed by atoms with Crippen LogP contribution in [0.15, 0.2) is 24.3 Å². The number of carbonyl (C=O) groups is 1. The average molecular weight is 223 g/mol. The van der Waals surface area contributed by atoms with E-state index in [1.165, 1.54) is 0 Å². The van der Waals surface area contributed by atoms with Crippen molar-refractivity contribution < 1.29 is 15.0 Å². The molecule has 0 saturated heterocycles. The van der Waals surface area contributed by atoms with Crippen molar-refractivity contribution in [2.75, 3.05) is 7.05 Å². The number of nitrogens with zero attached hydrogens (tertiary/aromatic N) is 1. The summed E-state index contributed by atoms with van der Waals surface area (Å²) in [6.07, 6.45) is 0. The second-order valence-electron chi connectivity index (χ2n) is 3.95. The summed E-state index contributed by atoms with van der Waals surface area (Å²) in [7, 11) is 1.77. The zero-order chi connectivity index (χ0) is 12.3. The van der Waals surface area contributed by atoms with E-state index in [4.69, 9.17) is 10.2 Å². The van der Waals surface area contributed by atoms with E-state index in [-0.39, 0.29) is 11.8 Å². The Hall–Kier alpha value is -1.55. The Bertz CT molecular complexity index is 361. The van der Waals surface area contributed by atoms with Crippen molar-refractivity contribution >= 4 is 5.97 Å². The van der Waals surface area contributed by atoms with Crippen LogP contribution in [0.5, 0.6) is 5.75 Å². The van der Waals surface area contributed by atoms with Crippen molar-refractivity contribution in [2.24, 2.45) is 0 Å². The van der Waals surface area contributed by atoms with Gasteiger partial charge in [0, 0.05) is 6.04 Å². The molecule has 1 aromatic rings. The van der Waals surface area contributed by atoms with Crippen LogP contribution in [0.1, 0.15) is 25.5 Å². The number of phenols is 1. The first kappa shape index (κ1) is 12.5. The van der Waals surface area contributed by atoms with Crippen molar-refractivity contribution in [1.29, 1.82) is 0 Å². The highest BCUT2D eigenvalue weighted by molar-refractivity contribution is 5.72. The van der Waals surface area contributed by atoms with Crippen molar-refractivity contribution in [1.82, 2.24) is 4.90 Å². The van der Waals surface area contributed by atoms with Gasteiger partial charge in [-0.15, -0.1) is 0 Å². The molecule has 0 amide bonds. The fourth-order valence-corrected chi connectivity index (χ4v) is 1.50. The Kier molecular flexibility index (Phi) is 3.90. The molecule has 2 N–H and O–H groups in total. The number of phenolic OH excluding ortho intramolecular Hbond substituents is 1. The SMILES string of the molecule is CC(C(=O)O)N(C)C(C)c1ccc(O)cc1. The van der Waals surface area contributed by atoms with E-state index in [1.54, 1.807) is 43.1 Å². The van der Waals surface area contributed by atoms with Gasteiger partial charge < -0.3 is 10.2 Å². The third kappa shape index (κ3) is 2.73. The summed E-state index contributed by atoms with van der Waals surface area (Å²) in [5, 5.41) is 18.1. The average Bonchev–Trinajstić information content (AvgIpc) is 2.27. The van der Waals surface area contributed by atoms with Gasteiger partial charge in [0.1, 0.15) is 11.8 Å². The summed E-state index contributed by atoms with van der Waals surface area (Å²) >= 11 is 0. The molecule has 0 fully saturated rings. The molecular formula is C12H17NO3. The number of aromatic hydroxyl groups is 1. The summed E-state index contributed by atoms with van der Waals surface area (Å²) in [6, 6.07) is 6.25. The number of carboxylic acids is 1. The van der Waals surface area contributed by atoms with Gasteiger partial charge in [-0.25, -0.2) is 0 Å². The Balaban J connectivity index is 2.81. The van der Waals surface area contributed by atoms with Crippen LogP contribution in [0.25, 0.3) is 0 Å². The van der Waals surface area contributed by atoms with Gasteiger partial charge in [-0.3, -0.25) is 9.69 Å². The summed E-state index contributed by atoms with van der Waals surface area (Å²) < 4.78 is 0. The van der Waals surface area contributed by atoms with Gasteiger partial charge in [-0.2, -0.15) is 0 Å². The molecule has 4 heteroatoms. The van der Waals surface area contributed by atoms with Crippen LogP contribution < -0.4 is 0 Å². The van der Waals surface area contributed by atoms with Crippen molar-refractivity contribution in [3.8, 4) is 5.75 Å². The molecule has 0 aliphatic carbocycles. The maximum Gasteiger partial charge on any atom is 0.320 e. The van der Waals surface area contributed by atoms with Crippen LogP contribution in [0.3, 0.4) is 0 Å². The molecule has 1 rings (SSSR count). The number of hydrogen-bond donors (Lipinski definition) is 2. The minimum Gasteiger partial charge on any atom is -0.508 e. The zero-order valence-corrected chi connectivity index (χ0v) is 9.71. The van der Waals surface area contributed by atoms with Gasteiger partial charge in [-0.05, 0) is 38.6 Å². The highest BCUT2D eigenvalue weighted by atomic mass is 16.4. The number of benzene rings is 1. The lowest BCUT2D eigenvalue weighted by Crippen LogP contribution is -2.37. The third-order valence-electron chi connectivity index (χ3n) is 2.95. The predicted molar refractivity (Wildman–Crippen MR) is 61.4 cm³/mol. The van der Waals surface area contributed by atoms with Crippen molar-refractivity contribution in [3.63, 3.8) is 0 Å². The van der Waals surface area contributed by atoms with E-state index < -0.39 is 12.0 Å². The monoisotopic (exact) mass is 223 g/mol. The highest BCUT2D eigenvalue weighted by Crippen LogP contribution is 2.22.